The van der Waals surface area contributed by atoms with Gasteiger partial charge in [0.15, 0.2) is 0 Å². The maximum atomic E-state index is 12.0. The molecule has 1 aliphatic heterocycles. The molecule has 0 saturated heterocycles. The van der Waals surface area contributed by atoms with Crippen LogP contribution < -0.4 is 10.6 Å². The molecule has 0 unspecified atom stereocenters. The molecule has 1 amide bonds. The zero-order chi connectivity index (χ0) is 13.5. The van der Waals surface area contributed by atoms with Crippen molar-refractivity contribution in [1.82, 2.24) is 0 Å². The van der Waals surface area contributed by atoms with E-state index in [1.165, 1.54) is 0 Å². The summed E-state index contributed by atoms with van der Waals surface area (Å²) in [7, 11) is 0. The number of nitrogen functional groups attached to an aromatic ring is 1. The number of carbonyl (C=O) groups is 1. The van der Waals surface area contributed by atoms with Crippen molar-refractivity contribution in [2.24, 2.45) is 0 Å². The van der Waals surface area contributed by atoms with E-state index in [1.54, 1.807) is 17.0 Å². The first-order chi connectivity index (χ1) is 8.28. The van der Waals surface area contributed by atoms with E-state index >= 15 is 0 Å². The van der Waals surface area contributed by atoms with Crippen molar-refractivity contribution in [3.8, 4) is 5.75 Å². The molecule has 98 valence electrons. The van der Waals surface area contributed by atoms with E-state index in [0.717, 1.165) is 11.3 Å². The van der Waals surface area contributed by atoms with Gasteiger partial charge in [0.25, 0.3) is 0 Å². The summed E-state index contributed by atoms with van der Waals surface area (Å²) in [5.74, 6) is 0.0554. The van der Waals surface area contributed by atoms with Crippen LogP contribution in [0.5, 0.6) is 5.75 Å². The third-order valence-electron chi connectivity index (χ3n) is 2.74. The van der Waals surface area contributed by atoms with Crippen molar-refractivity contribution in [2.75, 3.05) is 17.2 Å². The number of rotatable bonds is 0. The topological polar surface area (TPSA) is 75.8 Å². The molecule has 3 N–H and O–H groups in total. The number of hydrogen-bond donors (Lipinski definition) is 2. The molecule has 0 aliphatic carbocycles. The molecule has 5 nitrogen and oxygen atoms in total. The number of phenols is 1. The molecule has 2 rings (SSSR count). The van der Waals surface area contributed by atoms with Gasteiger partial charge in [0.1, 0.15) is 11.4 Å². The zero-order valence-electron chi connectivity index (χ0n) is 10.9. The van der Waals surface area contributed by atoms with Gasteiger partial charge in [-0.3, -0.25) is 4.90 Å². The van der Waals surface area contributed by atoms with Gasteiger partial charge in [0.2, 0.25) is 0 Å². The van der Waals surface area contributed by atoms with Crippen LogP contribution in [0.3, 0.4) is 0 Å². The van der Waals surface area contributed by atoms with Gasteiger partial charge >= 0.3 is 6.09 Å². The van der Waals surface area contributed by atoms with E-state index in [2.05, 4.69) is 0 Å². The maximum absolute atomic E-state index is 12.0. The number of benzene rings is 1. The SMILES string of the molecule is CC(C)(C)OC(=O)N1CCc2cc(O)c(N)cc21. The number of carbonyl (C=O) groups excluding carboxylic acids is 1. The highest BCUT2D eigenvalue weighted by Crippen LogP contribution is 2.35. The van der Waals surface area contributed by atoms with Crippen molar-refractivity contribution >= 4 is 17.5 Å². The van der Waals surface area contributed by atoms with E-state index in [1.807, 2.05) is 20.8 Å². The molecule has 5 heteroatoms. The summed E-state index contributed by atoms with van der Waals surface area (Å²) >= 11 is 0. The van der Waals surface area contributed by atoms with E-state index in [9.17, 15) is 9.90 Å². The molecule has 1 aromatic rings. The van der Waals surface area contributed by atoms with E-state index in [0.29, 0.717) is 13.0 Å². The van der Waals surface area contributed by atoms with Gasteiger partial charge in [-0.15, -0.1) is 0 Å². The summed E-state index contributed by atoms with van der Waals surface area (Å²) in [6.07, 6.45) is 0.314. The predicted molar refractivity (Wildman–Crippen MR) is 69.8 cm³/mol. The summed E-state index contributed by atoms with van der Waals surface area (Å²) in [6, 6.07) is 3.22. The Hall–Kier alpha value is -1.91. The maximum Gasteiger partial charge on any atom is 0.414 e. The fraction of sp³-hybridized carbons (Fsp3) is 0.462. The minimum Gasteiger partial charge on any atom is -0.506 e. The second-order valence-electron chi connectivity index (χ2n) is 5.42. The molecule has 1 aromatic carbocycles. The average molecular weight is 250 g/mol. The van der Waals surface area contributed by atoms with Crippen LogP contribution in [0.15, 0.2) is 12.1 Å². The second-order valence-corrected chi connectivity index (χ2v) is 5.42. The first kappa shape index (κ1) is 12.5. The van der Waals surface area contributed by atoms with Gasteiger partial charge in [-0.2, -0.15) is 0 Å². The fourth-order valence-corrected chi connectivity index (χ4v) is 1.95. The number of anilines is 2. The number of hydrogen-bond acceptors (Lipinski definition) is 4. The lowest BCUT2D eigenvalue weighted by atomic mass is 10.1. The van der Waals surface area contributed by atoms with Gasteiger partial charge in [0.05, 0.1) is 11.4 Å². The lowest BCUT2D eigenvalue weighted by Gasteiger charge is -2.24. The normalized spacial score (nSPS) is 14.5. The predicted octanol–water partition coefficient (Wildman–Crippen LogP) is 2.27. The number of amides is 1. The molecular weight excluding hydrogens is 232 g/mol. The molecule has 0 spiro atoms. The molecule has 0 saturated carbocycles. The van der Waals surface area contributed by atoms with Crippen molar-refractivity contribution in [1.29, 1.82) is 0 Å². The lowest BCUT2D eigenvalue weighted by molar-refractivity contribution is 0.0584. The van der Waals surface area contributed by atoms with Gasteiger partial charge in [-0.1, -0.05) is 0 Å². The molecule has 1 aliphatic rings. The quantitative estimate of drug-likeness (QED) is 0.547. The van der Waals surface area contributed by atoms with Crippen molar-refractivity contribution in [3.63, 3.8) is 0 Å². The highest BCUT2D eigenvalue weighted by atomic mass is 16.6. The molecule has 18 heavy (non-hydrogen) atoms. The van der Waals surface area contributed by atoms with Crippen LogP contribution in [0, 0.1) is 0 Å². The molecule has 1 heterocycles. The summed E-state index contributed by atoms with van der Waals surface area (Å²) < 4.78 is 5.33. The minimum absolute atomic E-state index is 0.0554. The number of phenolic OH excluding ortho intramolecular Hbond substituents is 1. The van der Waals surface area contributed by atoms with Crippen LogP contribution in [0.25, 0.3) is 0 Å². The first-order valence-corrected chi connectivity index (χ1v) is 5.90. The van der Waals surface area contributed by atoms with E-state index in [4.69, 9.17) is 10.5 Å². The number of ether oxygens (including phenoxy) is 1. The van der Waals surface area contributed by atoms with Crippen LogP contribution in [-0.4, -0.2) is 23.3 Å². The summed E-state index contributed by atoms with van der Waals surface area (Å²) in [5.41, 5.74) is 7.03. The Kier molecular flexibility index (Phi) is 2.84. The Balaban J connectivity index is 2.26. The third kappa shape index (κ3) is 2.34. The highest BCUT2D eigenvalue weighted by Gasteiger charge is 2.29. The van der Waals surface area contributed by atoms with Crippen LogP contribution in [0.1, 0.15) is 26.3 Å². The van der Waals surface area contributed by atoms with E-state index in [-0.39, 0.29) is 17.5 Å². The number of nitrogens with zero attached hydrogens (tertiary/aromatic N) is 1. The smallest absolute Gasteiger partial charge is 0.414 e. The molecule has 0 aromatic heterocycles. The Bertz CT molecular complexity index is 492. The summed E-state index contributed by atoms with van der Waals surface area (Å²) in [6.45, 7) is 6.03. The Morgan fingerprint density at radius 2 is 2.11 bits per heavy atom. The molecular formula is C13H18N2O3. The van der Waals surface area contributed by atoms with E-state index < -0.39 is 5.60 Å². The Morgan fingerprint density at radius 3 is 2.72 bits per heavy atom. The lowest BCUT2D eigenvalue weighted by Crippen LogP contribution is -2.35. The number of aromatic hydroxyl groups is 1. The van der Waals surface area contributed by atoms with Crippen molar-refractivity contribution in [3.05, 3.63) is 17.7 Å². The van der Waals surface area contributed by atoms with Crippen molar-refractivity contribution < 1.29 is 14.6 Å². The Labute approximate surface area is 106 Å². The molecule has 0 atom stereocenters. The monoisotopic (exact) mass is 250 g/mol. The highest BCUT2D eigenvalue weighted by molar-refractivity contribution is 5.91. The zero-order valence-corrected chi connectivity index (χ0v) is 10.9. The second kappa shape index (κ2) is 4.08. The van der Waals surface area contributed by atoms with Crippen molar-refractivity contribution in [2.45, 2.75) is 32.8 Å². The largest absolute Gasteiger partial charge is 0.506 e. The number of nitrogens with two attached hydrogens (primary N) is 1. The molecule has 0 fully saturated rings. The van der Waals surface area contributed by atoms with Crippen LogP contribution in [0.4, 0.5) is 16.2 Å². The summed E-state index contributed by atoms with van der Waals surface area (Å²) in [4.78, 5) is 13.6. The average Bonchev–Trinajstić information content (AvgIpc) is 2.59. The number of fused-ring (bicyclic) bond motifs is 1. The van der Waals surface area contributed by atoms with Gasteiger partial charge in [-0.25, -0.2) is 4.79 Å². The van der Waals surface area contributed by atoms with Crippen LogP contribution >= 0.6 is 0 Å². The Morgan fingerprint density at radius 1 is 1.44 bits per heavy atom. The fourth-order valence-electron chi connectivity index (χ4n) is 1.95. The molecule has 0 radical (unpaired) electrons. The van der Waals surface area contributed by atoms with Gasteiger partial charge in [0, 0.05) is 6.54 Å². The van der Waals surface area contributed by atoms with Gasteiger partial charge < -0.3 is 15.6 Å². The molecule has 0 bridgehead atoms. The first-order valence-electron chi connectivity index (χ1n) is 5.90. The van der Waals surface area contributed by atoms with Crippen LogP contribution in [-0.2, 0) is 11.2 Å². The minimum atomic E-state index is -0.525. The standard InChI is InChI=1S/C13H18N2O3/c1-13(2,3)18-12(17)15-5-4-8-6-11(16)9(14)7-10(8)15/h6-7,16H,4-5,14H2,1-3H3. The third-order valence-corrected chi connectivity index (χ3v) is 2.74. The van der Waals surface area contributed by atoms with Crippen LogP contribution in [0.2, 0.25) is 0 Å². The van der Waals surface area contributed by atoms with Gasteiger partial charge in [-0.05, 0) is 44.9 Å². The summed E-state index contributed by atoms with van der Waals surface area (Å²) in [5, 5.41) is 9.54.